The van der Waals surface area contributed by atoms with Gasteiger partial charge in [-0.3, -0.25) is 9.80 Å². The minimum absolute atomic E-state index is 0.223. The summed E-state index contributed by atoms with van der Waals surface area (Å²) in [7, 11) is 1.87. The predicted octanol–water partition coefficient (Wildman–Crippen LogP) is 0.619. The molecule has 3 aliphatic rings. The van der Waals surface area contributed by atoms with Gasteiger partial charge in [0.25, 0.3) is 5.89 Å². The van der Waals surface area contributed by atoms with E-state index in [1.165, 1.54) is 0 Å². The van der Waals surface area contributed by atoms with Crippen LogP contribution in [0.25, 0.3) is 11.6 Å². The van der Waals surface area contributed by atoms with Crippen molar-refractivity contribution < 1.29 is 4.52 Å². The van der Waals surface area contributed by atoms with Crippen LogP contribution in [-0.4, -0.2) is 57.2 Å². The lowest BCUT2D eigenvalue weighted by molar-refractivity contribution is 0.00781. The molecular formula is C14H16N6O. The molecule has 5 rings (SSSR count). The van der Waals surface area contributed by atoms with Crippen molar-refractivity contribution in [3.8, 4) is 17.7 Å². The Kier molecular flexibility index (Phi) is 2.80. The molecule has 0 aromatic carbocycles. The molecule has 7 nitrogen and oxygen atoms in total. The largest absolute Gasteiger partial charge is 0.345 e. The van der Waals surface area contributed by atoms with E-state index in [0.717, 1.165) is 44.2 Å². The molecule has 1 unspecified atom stereocenters. The van der Waals surface area contributed by atoms with E-state index in [-0.39, 0.29) is 6.04 Å². The van der Waals surface area contributed by atoms with E-state index in [2.05, 4.69) is 26.0 Å². The third-order valence-electron chi connectivity index (χ3n) is 4.37. The molecule has 3 saturated heterocycles. The van der Waals surface area contributed by atoms with Gasteiger partial charge >= 0.3 is 0 Å². The lowest BCUT2D eigenvalue weighted by atomic mass is 10.1. The van der Waals surface area contributed by atoms with E-state index in [1.54, 1.807) is 12.3 Å². The zero-order valence-electron chi connectivity index (χ0n) is 11.9. The molecule has 0 amide bonds. The average molecular weight is 284 g/mol. The van der Waals surface area contributed by atoms with Gasteiger partial charge in [0, 0.05) is 46.0 Å². The molecule has 3 aliphatic heterocycles. The second-order valence-corrected chi connectivity index (χ2v) is 5.65. The van der Waals surface area contributed by atoms with Crippen molar-refractivity contribution in [1.82, 2.24) is 24.5 Å². The minimum atomic E-state index is 0.223. The highest BCUT2D eigenvalue weighted by atomic mass is 16.5. The number of nitriles is 1. The first-order valence-corrected chi connectivity index (χ1v) is 7.11. The summed E-state index contributed by atoms with van der Waals surface area (Å²) < 4.78 is 7.25. The van der Waals surface area contributed by atoms with Crippen LogP contribution in [-0.2, 0) is 7.05 Å². The fraction of sp³-hybridized carbons (Fsp3) is 0.500. The van der Waals surface area contributed by atoms with Crippen LogP contribution >= 0.6 is 0 Å². The molecule has 0 radical (unpaired) electrons. The van der Waals surface area contributed by atoms with Gasteiger partial charge in [0.15, 0.2) is 5.82 Å². The van der Waals surface area contributed by atoms with Crippen LogP contribution in [0.15, 0.2) is 16.8 Å². The molecule has 108 valence electrons. The van der Waals surface area contributed by atoms with E-state index < -0.39 is 0 Å². The minimum Gasteiger partial charge on any atom is -0.345 e. The maximum Gasteiger partial charge on any atom is 0.274 e. The Morgan fingerprint density at radius 1 is 1.33 bits per heavy atom. The fourth-order valence-electron chi connectivity index (χ4n) is 3.18. The highest BCUT2D eigenvalue weighted by Crippen LogP contribution is 2.28. The summed E-state index contributed by atoms with van der Waals surface area (Å²) in [5.41, 5.74) is 1.38. The summed E-state index contributed by atoms with van der Waals surface area (Å²) in [5.74, 6) is 1.22. The van der Waals surface area contributed by atoms with Gasteiger partial charge in [0.1, 0.15) is 11.8 Å². The van der Waals surface area contributed by atoms with Gasteiger partial charge in [-0.25, -0.2) is 0 Å². The summed E-state index contributed by atoms with van der Waals surface area (Å²) in [4.78, 5) is 9.41. The maximum atomic E-state index is 8.96. The van der Waals surface area contributed by atoms with Gasteiger partial charge in [-0.05, 0) is 6.07 Å². The van der Waals surface area contributed by atoms with Gasteiger partial charge < -0.3 is 9.09 Å². The molecule has 7 heteroatoms. The maximum absolute atomic E-state index is 8.96. The highest BCUT2D eigenvalue weighted by Gasteiger charge is 2.35. The SMILES string of the molecule is Cn1cc(C#N)cc1-c1nc(C2CN3CCN2CC3)no1. The Bertz CT molecular complexity index is 703. The lowest BCUT2D eigenvalue weighted by Gasteiger charge is -2.46. The van der Waals surface area contributed by atoms with Gasteiger partial charge in [0.2, 0.25) is 0 Å². The van der Waals surface area contributed by atoms with Gasteiger partial charge in [-0.15, -0.1) is 0 Å². The average Bonchev–Trinajstić information content (AvgIpc) is 3.14. The smallest absolute Gasteiger partial charge is 0.274 e. The van der Waals surface area contributed by atoms with E-state index in [1.807, 2.05) is 11.6 Å². The quantitative estimate of drug-likeness (QED) is 0.805. The summed E-state index contributed by atoms with van der Waals surface area (Å²) in [6, 6.07) is 4.12. The molecule has 0 aliphatic carbocycles. The van der Waals surface area contributed by atoms with Crippen molar-refractivity contribution >= 4 is 0 Å². The standard InChI is InChI=1S/C14H16N6O/c1-18-8-10(7-15)6-11(18)14-16-13(17-21-14)12-9-19-2-4-20(12)5-3-19/h6,8,12H,2-5,9H2,1H3. The molecule has 2 bridgehead atoms. The molecule has 0 spiro atoms. The van der Waals surface area contributed by atoms with Gasteiger partial charge in [-0.1, -0.05) is 5.16 Å². The van der Waals surface area contributed by atoms with Gasteiger partial charge in [-0.2, -0.15) is 10.2 Å². The van der Waals surface area contributed by atoms with Crippen molar-refractivity contribution in [2.75, 3.05) is 32.7 Å². The number of nitrogens with zero attached hydrogens (tertiary/aromatic N) is 6. The summed E-state index contributed by atoms with van der Waals surface area (Å²) in [6.45, 7) is 5.36. The van der Waals surface area contributed by atoms with E-state index >= 15 is 0 Å². The zero-order valence-corrected chi connectivity index (χ0v) is 11.9. The van der Waals surface area contributed by atoms with E-state index in [9.17, 15) is 0 Å². The Balaban J connectivity index is 1.64. The highest BCUT2D eigenvalue weighted by molar-refractivity contribution is 5.52. The number of hydrogen-bond acceptors (Lipinski definition) is 6. The third kappa shape index (κ3) is 2.04. The molecule has 3 fully saturated rings. The summed E-state index contributed by atoms with van der Waals surface area (Å²) in [6.07, 6.45) is 1.76. The number of hydrogen-bond donors (Lipinski definition) is 0. The van der Waals surface area contributed by atoms with Crippen molar-refractivity contribution in [3.05, 3.63) is 23.7 Å². The van der Waals surface area contributed by atoms with E-state index in [4.69, 9.17) is 9.78 Å². The van der Waals surface area contributed by atoms with Crippen LogP contribution in [0.2, 0.25) is 0 Å². The van der Waals surface area contributed by atoms with Crippen molar-refractivity contribution in [3.63, 3.8) is 0 Å². The molecule has 1 atom stereocenters. The Hall–Kier alpha value is -2.17. The van der Waals surface area contributed by atoms with Crippen molar-refractivity contribution in [2.24, 2.45) is 7.05 Å². The van der Waals surface area contributed by atoms with Crippen LogP contribution in [0.1, 0.15) is 17.4 Å². The topological polar surface area (TPSA) is 74.1 Å². The molecule has 21 heavy (non-hydrogen) atoms. The lowest BCUT2D eigenvalue weighted by Crippen LogP contribution is -2.57. The van der Waals surface area contributed by atoms with Crippen molar-refractivity contribution in [2.45, 2.75) is 6.04 Å². The molecule has 0 N–H and O–H groups in total. The van der Waals surface area contributed by atoms with Crippen LogP contribution < -0.4 is 0 Å². The van der Waals surface area contributed by atoms with E-state index in [0.29, 0.717) is 11.5 Å². The second-order valence-electron chi connectivity index (χ2n) is 5.65. The normalized spacial score (nSPS) is 27.7. The molecule has 2 aromatic rings. The van der Waals surface area contributed by atoms with Gasteiger partial charge in [0.05, 0.1) is 11.6 Å². The summed E-state index contributed by atoms with van der Waals surface area (Å²) >= 11 is 0. The predicted molar refractivity (Wildman–Crippen MR) is 74.2 cm³/mol. The molecular weight excluding hydrogens is 268 g/mol. The van der Waals surface area contributed by atoms with Crippen molar-refractivity contribution in [1.29, 1.82) is 5.26 Å². The Labute approximate surface area is 122 Å². The zero-order chi connectivity index (χ0) is 14.4. The second kappa shape index (κ2) is 4.69. The third-order valence-corrected chi connectivity index (χ3v) is 4.37. The first kappa shape index (κ1) is 12.6. The summed E-state index contributed by atoms with van der Waals surface area (Å²) in [5, 5.41) is 13.1. The number of aromatic nitrogens is 3. The molecule has 2 aromatic heterocycles. The fourth-order valence-corrected chi connectivity index (χ4v) is 3.18. The number of fused-ring (bicyclic) bond motifs is 3. The number of aryl methyl sites for hydroxylation is 1. The van der Waals surface area contributed by atoms with Crippen LogP contribution in [0, 0.1) is 11.3 Å². The molecule has 5 heterocycles. The molecule has 0 saturated carbocycles. The number of rotatable bonds is 2. The Morgan fingerprint density at radius 2 is 2.14 bits per heavy atom. The Morgan fingerprint density at radius 3 is 2.76 bits per heavy atom. The van der Waals surface area contributed by atoms with Crippen LogP contribution in [0.4, 0.5) is 0 Å². The number of piperazine rings is 3. The first-order valence-electron chi connectivity index (χ1n) is 7.11. The first-order chi connectivity index (χ1) is 10.2. The monoisotopic (exact) mass is 284 g/mol. The van der Waals surface area contributed by atoms with Crippen LogP contribution in [0.5, 0.6) is 0 Å². The van der Waals surface area contributed by atoms with Crippen LogP contribution in [0.3, 0.4) is 0 Å².